The molecule has 3 heteroatoms. The van der Waals surface area contributed by atoms with Crippen LogP contribution in [0.4, 0.5) is 5.69 Å². The van der Waals surface area contributed by atoms with Crippen LogP contribution in [-0.4, -0.2) is 5.11 Å². The fourth-order valence-electron chi connectivity index (χ4n) is 0.780. The number of hydrazine groups is 1. The molecular formula is C7H10N2O. The molecule has 0 aliphatic heterocycles. The van der Waals surface area contributed by atoms with Crippen molar-refractivity contribution in [3.63, 3.8) is 0 Å². The van der Waals surface area contributed by atoms with E-state index in [4.69, 9.17) is 10.9 Å². The fraction of sp³-hybridized carbons (Fsp3) is 0.143. The zero-order valence-electron chi connectivity index (χ0n) is 5.76. The summed E-state index contributed by atoms with van der Waals surface area (Å²) >= 11 is 0. The number of benzene rings is 1. The van der Waals surface area contributed by atoms with Crippen LogP contribution in [0.5, 0.6) is 5.75 Å². The Kier molecular flexibility index (Phi) is 1.78. The molecular weight excluding hydrogens is 128 g/mol. The number of hydrogen-bond donors (Lipinski definition) is 3. The smallest absolute Gasteiger partial charge is 0.120 e. The van der Waals surface area contributed by atoms with Gasteiger partial charge in [-0.2, -0.15) is 0 Å². The molecule has 1 aromatic carbocycles. The monoisotopic (exact) mass is 138 g/mol. The molecule has 0 spiro atoms. The number of nitrogens with two attached hydrogens (primary N) is 1. The van der Waals surface area contributed by atoms with E-state index in [1.165, 1.54) is 0 Å². The predicted octanol–water partition coefficient (Wildman–Crippen LogP) is 0.986. The third-order valence-corrected chi connectivity index (χ3v) is 1.46. The Morgan fingerprint density at radius 1 is 1.50 bits per heavy atom. The van der Waals surface area contributed by atoms with Gasteiger partial charge in [0.2, 0.25) is 0 Å². The largest absolute Gasteiger partial charge is 0.508 e. The first kappa shape index (κ1) is 6.89. The van der Waals surface area contributed by atoms with Gasteiger partial charge in [-0.1, -0.05) is 6.07 Å². The molecule has 0 amide bonds. The summed E-state index contributed by atoms with van der Waals surface area (Å²) in [5.41, 5.74) is 3.99. The summed E-state index contributed by atoms with van der Waals surface area (Å²) in [5.74, 6) is 5.42. The highest BCUT2D eigenvalue weighted by Crippen LogP contribution is 2.22. The second-order valence-corrected chi connectivity index (χ2v) is 2.09. The number of nitrogens with one attached hydrogen (secondary N) is 1. The van der Waals surface area contributed by atoms with Crippen LogP contribution in [-0.2, 0) is 0 Å². The van der Waals surface area contributed by atoms with E-state index in [0.717, 1.165) is 11.3 Å². The summed E-state index contributed by atoms with van der Waals surface area (Å²) in [4.78, 5) is 0. The number of rotatable bonds is 1. The lowest BCUT2D eigenvalue weighted by molar-refractivity contribution is 0.471. The summed E-state index contributed by atoms with van der Waals surface area (Å²) in [6.07, 6.45) is 0. The van der Waals surface area contributed by atoms with Crippen molar-refractivity contribution in [2.24, 2.45) is 5.84 Å². The zero-order chi connectivity index (χ0) is 7.56. The van der Waals surface area contributed by atoms with Crippen LogP contribution >= 0.6 is 0 Å². The second-order valence-electron chi connectivity index (χ2n) is 2.09. The van der Waals surface area contributed by atoms with Crippen LogP contribution in [0.1, 0.15) is 5.56 Å². The molecule has 0 radical (unpaired) electrons. The first-order valence-electron chi connectivity index (χ1n) is 3.01. The lowest BCUT2D eigenvalue weighted by atomic mass is 10.2. The highest BCUT2D eigenvalue weighted by Gasteiger charge is 1.98. The Labute approximate surface area is 59.5 Å². The number of hydrogen-bond acceptors (Lipinski definition) is 3. The van der Waals surface area contributed by atoms with Crippen molar-refractivity contribution in [1.29, 1.82) is 0 Å². The molecule has 0 bridgehead atoms. The molecule has 3 nitrogen and oxygen atoms in total. The zero-order valence-corrected chi connectivity index (χ0v) is 5.76. The third kappa shape index (κ3) is 1.04. The molecule has 1 aromatic rings. The molecule has 0 heterocycles. The first-order chi connectivity index (χ1) is 4.75. The number of phenols is 1. The van der Waals surface area contributed by atoms with Gasteiger partial charge in [0, 0.05) is 5.56 Å². The highest BCUT2D eigenvalue weighted by molar-refractivity contribution is 5.55. The molecule has 0 saturated heterocycles. The van der Waals surface area contributed by atoms with Crippen LogP contribution in [0.15, 0.2) is 18.2 Å². The van der Waals surface area contributed by atoms with E-state index in [-0.39, 0.29) is 5.75 Å². The molecule has 0 aliphatic carbocycles. The van der Waals surface area contributed by atoms with Gasteiger partial charge < -0.3 is 10.5 Å². The Morgan fingerprint density at radius 2 is 2.20 bits per heavy atom. The topological polar surface area (TPSA) is 58.3 Å². The first-order valence-corrected chi connectivity index (χ1v) is 3.01. The summed E-state index contributed by atoms with van der Waals surface area (Å²) < 4.78 is 0. The fourth-order valence-corrected chi connectivity index (χ4v) is 0.780. The van der Waals surface area contributed by atoms with E-state index in [1.54, 1.807) is 25.1 Å². The molecule has 0 saturated carbocycles. The van der Waals surface area contributed by atoms with E-state index in [0.29, 0.717) is 0 Å². The maximum absolute atomic E-state index is 9.14. The van der Waals surface area contributed by atoms with Crippen molar-refractivity contribution < 1.29 is 5.11 Å². The van der Waals surface area contributed by atoms with Crippen LogP contribution in [0, 0.1) is 6.92 Å². The lowest BCUT2D eigenvalue weighted by Gasteiger charge is -2.04. The van der Waals surface area contributed by atoms with Gasteiger partial charge in [0.1, 0.15) is 5.75 Å². The number of anilines is 1. The molecule has 1 rings (SSSR count). The van der Waals surface area contributed by atoms with E-state index in [2.05, 4.69) is 5.43 Å². The Hall–Kier alpha value is -1.22. The van der Waals surface area contributed by atoms with Crippen molar-refractivity contribution in [2.75, 3.05) is 5.43 Å². The quantitative estimate of drug-likeness (QED) is 0.400. The van der Waals surface area contributed by atoms with Crippen molar-refractivity contribution in [3.05, 3.63) is 23.8 Å². The highest BCUT2D eigenvalue weighted by atomic mass is 16.3. The van der Waals surface area contributed by atoms with Crippen molar-refractivity contribution >= 4 is 5.69 Å². The van der Waals surface area contributed by atoms with Gasteiger partial charge in [0.05, 0.1) is 5.69 Å². The van der Waals surface area contributed by atoms with E-state index in [9.17, 15) is 0 Å². The Bertz CT molecular complexity index is 235. The summed E-state index contributed by atoms with van der Waals surface area (Å²) in [6, 6.07) is 5.16. The maximum atomic E-state index is 9.14. The molecule has 0 aromatic heterocycles. The van der Waals surface area contributed by atoms with Gasteiger partial charge in [0.25, 0.3) is 0 Å². The Morgan fingerprint density at radius 3 is 2.70 bits per heavy atom. The standard InChI is InChI=1S/C7H10N2O/c1-5-6(9-8)3-2-4-7(5)10/h2-4,9-10H,8H2,1H3. The van der Waals surface area contributed by atoms with Gasteiger partial charge in [0.15, 0.2) is 0 Å². The summed E-state index contributed by atoms with van der Waals surface area (Å²) in [5, 5.41) is 9.14. The van der Waals surface area contributed by atoms with Gasteiger partial charge in [-0.15, -0.1) is 0 Å². The van der Waals surface area contributed by atoms with Gasteiger partial charge in [-0.25, -0.2) is 0 Å². The maximum Gasteiger partial charge on any atom is 0.120 e. The minimum Gasteiger partial charge on any atom is -0.508 e. The Balaban J connectivity index is 3.14. The third-order valence-electron chi connectivity index (χ3n) is 1.46. The normalized spacial score (nSPS) is 9.40. The SMILES string of the molecule is Cc1c(O)cccc1NN. The van der Waals surface area contributed by atoms with E-state index >= 15 is 0 Å². The van der Waals surface area contributed by atoms with Gasteiger partial charge in [-0.05, 0) is 19.1 Å². The van der Waals surface area contributed by atoms with Crippen molar-refractivity contribution in [2.45, 2.75) is 6.92 Å². The van der Waals surface area contributed by atoms with Gasteiger partial charge >= 0.3 is 0 Å². The van der Waals surface area contributed by atoms with Crippen LogP contribution in [0.2, 0.25) is 0 Å². The molecule has 10 heavy (non-hydrogen) atoms. The summed E-state index contributed by atoms with van der Waals surface area (Å²) in [7, 11) is 0. The van der Waals surface area contributed by atoms with Crippen LogP contribution < -0.4 is 11.3 Å². The van der Waals surface area contributed by atoms with Crippen LogP contribution in [0.3, 0.4) is 0 Å². The number of aromatic hydroxyl groups is 1. The molecule has 0 aliphatic rings. The van der Waals surface area contributed by atoms with Crippen molar-refractivity contribution in [1.82, 2.24) is 0 Å². The van der Waals surface area contributed by atoms with Gasteiger partial charge in [-0.3, -0.25) is 5.84 Å². The second kappa shape index (κ2) is 2.58. The average molecular weight is 138 g/mol. The molecule has 0 unspecified atom stereocenters. The predicted molar refractivity (Wildman–Crippen MR) is 40.7 cm³/mol. The lowest BCUT2D eigenvalue weighted by Crippen LogP contribution is -2.07. The molecule has 0 atom stereocenters. The number of nitrogen functional groups attached to an aromatic ring is 1. The molecule has 4 N–H and O–H groups in total. The number of phenolic OH excluding ortho intramolecular Hbond substituents is 1. The summed E-state index contributed by atoms with van der Waals surface area (Å²) in [6.45, 7) is 1.80. The average Bonchev–Trinajstić information content (AvgIpc) is 1.95. The van der Waals surface area contributed by atoms with Crippen LogP contribution in [0.25, 0.3) is 0 Å². The van der Waals surface area contributed by atoms with Crippen molar-refractivity contribution in [3.8, 4) is 5.75 Å². The molecule has 0 fully saturated rings. The molecule has 54 valence electrons. The minimum absolute atomic E-state index is 0.260. The van der Waals surface area contributed by atoms with E-state index in [1.807, 2.05) is 0 Å². The van der Waals surface area contributed by atoms with E-state index < -0.39 is 0 Å². The minimum atomic E-state index is 0.260.